The van der Waals surface area contributed by atoms with E-state index < -0.39 is 39.8 Å². The van der Waals surface area contributed by atoms with Gasteiger partial charge in [0.1, 0.15) is 23.4 Å². The number of rotatable bonds is 2. The largest absolute Gasteiger partial charge is 0.456 e. The number of esters is 1. The zero-order chi connectivity index (χ0) is 25.3. The molecule has 0 aromatic rings. The zero-order valence-electron chi connectivity index (χ0n) is 21.3. The van der Waals surface area contributed by atoms with E-state index in [1.807, 2.05) is 13.8 Å². The van der Waals surface area contributed by atoms with Crippen LogP contribution >= 0.6 is 0 Å². The number of fused-ring (bicyclic) bond motifs is 4. The summed E-state index contributed by atoms with van der Waals surface area (Å²) in [6.45, 7) is 9.42. The summed E-state index contributed by atoms with van der Waals surface area (Å²) in [5, 5.41) is 35.2. The van der Waals surface area contributed by atoms with E-state index in [1.165, 1.54) is 6.08 Å². The predicted octanol–water partition coefficient (Wildman–Crippen LogP) is 2.61. The van der Waals surface area contributed by atoms with Gasteiger partial charge in [0.2, 0.25) is 0 Å². The van der Waals surface area contributed by atoms with Crippen molar-refractivity contribution in [3.05, 3.63) is 23.3 Å². The lowest BCUT2D eigenvalue weighted by molar-refractivity contribution is -0.224. The number of hydrogen-bond donors (Lipinski definition) is 3. The van der Waals surface area contributed by atoms with E-state index in [0.717, 1.165) is 5.57 Å². The number of ether oxygens (including phenoxy) is 2. The van der Waals surface area contributed by atoms with Crippen LogP contribution in [0.1, 0.15) is 73.1 Å². The first-order valence-corrected chi connectivity index (χ1v) is 13.2. The zero-order valence-corrected chi connectivity index (χ0v) is 21.3. The van der Waals surface area contributed by atoms with Crippen molar-refractivity contribution in [2.45, 2.75) is 108 Å². The lowest BCUT2D eigenvalue weighted by Gasteiger charge is -2.62. The lowest BCUT2D eigenvalue weighted by atomic mass is 9.43. The van der Waals surface area contributed by atoms with Gasteiger partial charge in [-0.3, -0.25) is 4.79 Å². The van der Waals surface area contributed by atoms with E-state index in [0.29, 0.717) is 44.1 Å². The Bertz CT molecular complexity index is 1080. The number of carbonyl (C=O) groups is 2. The van der Waals surface area contributed by atoms with Crippen LogP contribution in [-0.2, 0) is 19.1 Å². The fourth-order valence-electron chi connectivity index (χ4n) is 9.50. The molecule has 2 heterocycles. The second-order valence-corrected chi connectivity index (χ2v) is 12.9. The van der Waals surface area contributed by atoms with Crippen molar-refractivity contribution in [1.82, 2.24) is 0 Å². The first-order chi connectivity index (χ1) is 16.2. The average Bonchev–Trinajstić information content (AvgIpc) is 3.46. The molecule has 7 heteroatoms. The number of epoxide rings is 1. The highest BCUT2D eigenvalue weighted by molar-refractivity contribution is 5.98. The molecule has 11 atom stereocenters. The molecular weight excluding hydrogens is 448 g/mol. The SMILES string of the molecule is CC1=C(C)C(=O)OC([C@](C)(O)C2CC[C@@]3(O)C4C[C@H]5OC56[C@@H](O)C=CC(=O)[C@]6(C)C4CC[C@]23C)C1. The highest BCUT2D eigenvalue weighted by atomic mass is 16.6. The molecule has 4 fully saturated rings. The molecule has 192 valence electrons. The maximum atomic E-state index is 13.3. The number of hydrogen-bond acceptors (Lipinski definition) is 7. The maximum absolute atomic E-state index is 13.3. The second kappa shape index (κ2) is 6.85. The molecule has 1 saturated heterocycles. The Balaban J connectivity index is 1.35. The van der Waals surface area contributed by atoms with Crippen molar-refractivity contribution in [2.24, 2.45) is 28.6 Å². The molecule has 3 saturated carbocycles. The van der Waals surface area contributed by atoms with Crippen LogP contribution in [0.4, 0.5) is 0 Å². The van der Waals surface area contributed by atoms with Crippen molar-refractivity contribution in [3.8, 4) is 0 Å². The van der Waals surface area contributed by atoms with Gasteiger partial charge >= 0.3 is 5.97 Å². The van der Waals surface area contributed by atoms with Crippen LogP contribution in [-0.4, -0.2) is 62.2 Å². The van der Waals surface area contributed by atoms with Crippen LogP contribution in [0.2, 0.25) is 0 Å². The molecule has 6 rings (SSSR count). The van der Waals surface area contributed by atoms with Crippen molar-refractivity contribution in [2.75, 3.05) is 0 Å². The molecule has 0 radical (unpaired) electrons. The maximum Gasteiger partial charge on any atom is 0.334 e. The normalized spacial score (nSPS) is 54.3. The summed E-state index contributed by atoms with van der Waals surface area (Å²) in [6, 6.07) is 0. The average molecular weight is 487 g/mol. The van der Waals surface area contributed by atoms with Crippen molar-refractivity contribution < 1.29 is 34.4 Å². The lowest BCUT2D eigenvalue weighted by Crippen LogP contribution is -2.69. The van der Waals surface area contributed by atoms with Crippen molar-refractivity contribution >= 4 is 11.8 Å². The molecule has 7 nitrogen and oxygen atoms in total. The van der Waals surface area contributed by atoms with Crippen LogP contribution in [0.25, 0.3) is 0 Å². The van der Waals surface area contributed by atoms with Crippen molar-refractivity contribution in [1.29, 1.82) is 0 Å². The molecule has 4 aliphatic carbocycles. The quantitative estimate of drug-likeness (QED) is 0.406. The summed E-state index contributed by atoms with van der Waals surface area (Å²) >= 11 is 0. The fraction of sp³-hybridized carbons (Fsp3) is 0.786. The van der Waals surface area contributed by atoms with Gasteiger partial charge in [0.25, 0.3) is 0 Å². The third-order valence-corrected chi connectivity index (χ3v) is 11.9. The highest BCUT2D eigenvalue weighted by Gasteiger charge is 2.82. The first kappa shape index (κ1) is 23.8. The van der Waals surface area contributed by atoms with E-state index in [1.54, 1.807) is 19.9 Å². The summed E-state index contributed by atoms with van der Waals surface area (Å²) in [5.41, 5.74) is -3.23. The third kappa shape index (κ3) is 2.56. The van der Waals surface area contributed by atoms with Gasteiger partial charge in [-0.1, -0.05) is 12.5 Å². The summed E-state index contributed by atoms with van der Waals surface area (Å²) in [6.07, 6.45) is 4.86. The Morgan fingerprint density at radius 3 is 2.51 bits per heavy atom. The molecular formula is C28H38O7. The Morgan fingerprint density at radius 2 is 1.83 bits per heavy atom. The molecule has 0 aromatic heterocycles. The second-order valence-electron chi connectivity index (χ2n) is 12.9. The van der Waals surface area contributed by atoms with E-state index in [9.17, 15) is 24.9 Å². The van der Waals surface area contributed by atoms with Crippen LogP contribution < -0.4 is 0 Å². The van der Waals surface area contributed by atoms with Crippen LogP contribution in [0.5, 0.6) is 0 Å². The minimum absolute atomic E-state index is 0.0273. The van der Waals surface area contributed by atoms with Gasteiger partial charge in [0.05, 0.1) is 17.1 Å². The Labute approximate surface area is 206 Å². The molecule has 0 amide bonds. The molecule has 5 unspecified atom stereocenters. The van der Waals surface area contributed by atoms with Gasteiger partial charge in [-0.25, -0.2) is 4.79 Å². The molecule has 35 heavy (non-hydrogen) atoms. The smallest absolute Gasteiger partial charge is 0.334 e. The number of aliphatic hydroxyl groups excluding tert-OH is 1. The van der Waals surface area contributed by atoms with E-state index >= 15 is 0 Å². The van der Waals surface area contributed by atoms with Crippen LogP contribution in [0.15, 0.2) is 23.3 Å². The third-order valence-electron chi connectivity index (χ3n) is 11.9. The number of aliphatic hydroxyl groups is 3. The molecule has 0 aromatic carbocycles. The minimum atomic E-state index is -1.30. The summed E-state index contributed by atoms with van der Waals surface area (Å²) in [5.74, 6) is -0.966. The van der Waals surface area contributed by atoms with Gasteiger partial charge in [0, 0.05) is 17.4 Å². The predicted molar refractivity (Wildman–Crippen MR) is 126 cm³/mol. The van der Waals surface area contributed by atoms with Gasteiger partial charge in [-0.05, 0) is 89.7 Å². The Hall–Kier alpha value is -1.54. The summed E-state index contributed by atoms with van der Waals surface area (Å²) < 4.78 is 11.9. The summed E-state index contributed by atoms with van der Waals surface area (Å²) in [7, 11) is 0. The molecule has 3 N–H and O–H groups in total. The molecule has 6 aliphatic rings. The molecule has 1 spiro atoms. The van der Waals surface area contributed by atoms with Gasteiger partial charge in [-0.15, -0.1) is 0 Å². The standard InChI is InChI=1S/C28H38O7/c1-14-12-21(34-23(31)15(14)2)26(5,32)18-9-11-27(33)17-13-22-28(35-22)20(30)7-6-19(29)25(28,4)16(17)8-10-24(18,27)3/h6-7,16-18,20-22,30,32-33H,8-13H2,1-5H3/t16?,17?,18?,20-,21?,22+,24+,25-,26+,27+,28?/m0/s1. The minimum Gasteiger partial charge on any atom is -0.456 e. The summed E-state index contributed by atoms with van der Waals surface area (Å²) in [4.78, 5) is 25.8. The Kier molecular flexibility index (Phi) is 4.67. The Morgan fingerprint density at radius 1 is 1.11 bits per heavy atom. The molecule has 0 bridgehead atoms. The number of ketones is 1. The van der Waals surface area contributed by atoms with Crippen molar-refractivity contribution in [3.63, 3.8) is 0 Å². The molecule has 2 aliphatic heterocycles. The first-order valence-electron chi connectivity index (χ1n) is 13.2. The van der Waals surface area contributed by atoms with Crippen LogP contribution in [0.3, 0.4) is 0 Å². The van der Waals surface area contributed by atoms with E-state index in [2.05, 4.69) is 6.92 Å². The van der Waals surface area contributed by atoms with Gasteiger partial charge in [-0.2, -0.15) is 0 Å². The fourth-order valence-corrected chi connectivity index (χ4v) is 9.50. The van der Waals surface area contributed by atoms with E-state index in [4.69, 9.17) is 9.47 Å². The van der Waals surface area contributed by atoms with Gasteiger partial charge in [0.15, 0.2) is 5.78 Å². The van der Waals surface area contributed by atoms with Gasteiger partial charge < -0.3 is 24.8 Å². The number of cyclic esters (lactones) is 1. The van der Waals surface area contributed by atoms with E-state index in [-0.39, 0.29) is 35.6 Å². The highest BCUT2D eigenvalue weighted by Crippen LogP contribution is 2.74. The monoisotopic (exact) mass is 486 g/mol. The van der Waals surface area contributed by atoms with Crippen LogP contribution in [0, 0.1) is 28.6 Å². The topological polar surface area (TPSA) is 117 Å². The number of allylic oxidation sites excluding steroid dienone is 1. The number of carbonyl (C=O) groups excluding carboxylic acids is 2.